The SMILES string of the molecule is CCNC(=NCCc1nc(C(F)(F)F)cs1)NCCNC(=O)c1cccnc1.I. The Morgan fingerprint density at radius 3 is 2.62 bits per heavy atom. The lowest BCUT2D eigenvalue weighted by Crippen LogP contribution is -2.41. The Bertz CT molecular complexity index is 785. The lowest BCUT2D eigenvalue weighted by molar-refractivity contribution is -0.140. The Labute approximate surface area is 187 Å². The maximum atomic E-state index is 12.6. The number of thiazole rings is 1. The van der Waals surface area contributed by atoms with Gasteiger partial charge in [-0.3, -0.25) is 14.8 Å². The lowest BCUT2D eigenvalue weighted by Gasteiger charge is -2.11. The molecular weight excluding hydrogens is 520 g/mol. The molecule has 0 aliphatic rings. The van der Waals surface area contributed by atoms with Crippen LogP contribution >= 0.6 is 35.3 Å². The number of amides is 1. The number of hydrogen-bond donors (Lipinski definition) is 3. The first-order chi connectivity index (χ1) is 13.4. The van der Waals surface area contributed by atoms with E-state index in [1.807, 2.05) is 6.92 Å². The Morgan fingerprint density at radius 2 is 2.00 bits per heavy atom. The third-order valence-electron chi connectivity index (χ3n) is 3.41. The number of alkyl halides is 3. The second kappa shape index (κ2) is 12.6. The molecule has 2 heterocycles. The van der Waals surface area contributed by atoms with Crippen LogP contribution in [0.25, 0.3) is 0 Å². The van der Waals surface area contributed by atoms with E-state index in [1.165, 1.54) is 6.20 Å². The Balaban J connectivity index is 0.00000420. The second-order valence-electron chi connectivity index (χ2n) is 5.56. The number of aliphatic imine (C=N–C) groups is 1. The Morgan fingerprint density at radius 1 is 1.24 bits per heavy atom. The van der Waals surface area contributed by atoms with Gasteiger partial charge in [-0.05, 0) is 19.1 Å². The molecule has 2 aromatic heterocycles. The molecule has 160 valence electrons. The summed E-state index contributed by atoms with van der Waals surface area (Å²) in [5, 5.41) is 10.2. The van der Waals surface area contributed by atoms with E-state index in [0.717, 1.165) is 16.7 Å². The van der Waals surface area contributed by atoms with Crippen molar-refractivity contribution in [2.45, 2.75) is 19.5 Å². The van der Waals surface area contributed by atoms with Crippen LogP contribution in [0.5, 0.6) is 0 Å². The summed E-state index contributed by atoms with van der Waals surface area (Å²) in [6, 6.07) is 3.35. The number of rotatable bonds is 8. The fourth-order valence-electron chi connectivity index (χ4n) is 2.12. The van der Waals surface area contributed by atoms with Crippen LogP contribution in [0.1, 0.15) is 28.0 Å². The summed E-state index contributed by atoms with van der Waals surface area (Å²) >= 11 is 0.970. The van der Waals surface area contributed by atoms with Gasteiger partial charge < -0.3 is 16.0 Å². The van der Waals surface area contributed by atoms with Crippen molar-refractivity contribution >= 4 is 47.2 Å². The van der Waals surface area contributed by atoms with E-state index in [-0.39, 0.29) is 29.9 Å². The summed E-state index contributed by atoms with van der Waals surface area (Å²) in [5.41, 5.74) is -0.393. The fourth-order valence-corrected chi connectivity index (χ4v) is 2.91. The van der Waals surface area contributed by atoms with Gasteiger partial charge >= 0.3 is 6.18 Å². The zero-order valence-electron chi connectivity index (χ0n) is 15.6. The summed E-state index contributed by atoms with van der Waals surface area (Å²) in [6.45, 7) is 3.64. The van der Waals surface area contributed by atoms with E-state index in [4.69, 9.17) is 0 Å². The van der Waals surface area contributed by atoms with E-state index in [9.17, 15) is 18.0 Å². The molecule has 0 unspecified atom stereocenters. The zero-order valence-corrected chi connectivity index (χ0v) is 18.8. The van der Waals surface area contributed by atoms with Crippen LogP contribution in [0, 0.1) is 0 Å². The molecule has 0 saturated carbocycles. The molecule has 2 rings (SSSR count). The van der Waals surface area contributed by atoms with Crippen molar-refractivity contribution in [1.82, 2.24) is 25.9 Å². The van der Waals surface area contributed by atoms with Crippen LogP contribution in [0.3, 0.4) is 0 Å². The van der Waals surface area contributed by atoms with Gasteiger partial charge in [0.15, 0.2) is 11.7 Å². The number of guanidine groups is 1. The molecule has 0 aromatic carbocycles. The molecule has 2 aromatic rings. The normalized spacial score (nSPS) is 11.5. The molecule has 29 heavy (non-hydrogen) atoms. The van der Waals surface area contributed by atoms with Gasteiger partial charge in [-0.2, -0.15) is 13.2 Å². The summed E-state index contributed by atoms with van der Waals surface area (Å²) in [5.74, 6) is 0.298. The molecule has 7 nitrogen and oxygen atoms in total. The number of carbonyl (C=O) groups excluding carboxylic acids is 1. The monoisotopic (exact) mass is 542 g/mol. The standard InChI is InChI=1S/C17H21F3N6OS.HI/c1-2-22-16(24-7-5-14-26-13(11-28-14)17(18,19)20)25-9-8-23-15(27)12-4-3-6-21-10-12;/h3-4,6,10-11H,2,5,7-9H2,1H3,(H,23,27)(H2,22,24,25);1H. The molecule has 3 N–H and O–H groups in total. The molecule has 0 aliphatic heterocycles. The van der Waals surface area contributed by atoms with Crippen molar-refractivity contribution in [2.75, 3.05) is 26.2 Å². The minimum Gasteiger partial charge on any atom is -0.357 e. The van der Waals surface area contributed by atoms with Crippen LogP contribution in [0.15, 0.2) is 34.9 Å². The van der Waals surface area contributed by atoms with Gasteiger partial charge in [0.25, 0.3) is 5.91 Å². The van der Waals surface area contributed by atoms with Crippen molar-refractivity contribution in [2.24, 2.45) is 4.99 Å². The highest BCUT2D eigenvalue weighted by Crippen LogP contribution is 2.30. The maximum absolute atomic E-state index is 12.6. The molecule has 12 heteroatoms. The molecule has 0 fully saturated rings. The number of halogens is 4. The molecule has 1 amide bonds. The highest BCUT2D eigenvalue weighted by atomic mass is 127. The average molecular weight is 542 g/mol. The van der Waals surface area contributed by atoms with Crippen LogP contribution in [0.4, 0.5) is 13.2 Å². The fraction of sp³-hybridized carbons (Fsp3) is 0.412. The van der Waals surface area contributed by atoms with E-state index in [0.29, 0.717) is 49.1 Å². The summed E-state index contributed by atoms with van der Waals surface area (Å²) in [4.78, 5) is 23.7. The van der Waals surface area contributed by atoms with Crippen molar-refractivity contribution in [3.8, 4) is 0 Å². The molecule has 0 aliphatic carbocycles. The van der Waals surface area contributed by atoms with Gasteiger partial charge in [0.2, 0.25) is 0 Å². The first-order valence-electron chi connectivity index (χ1n) is 8.62. The highest BCUT2D eigenvalue weighted by Gasteiger charge is 2.33. The largest absolute Gasteiger partial charge is 0.434 e. The van der Waals surface area contributed by atoms with Gasteiger partial charge in [0.05, 0.1) is 10.6 Å². The topological polar surface area (TPSA) is 91.3 Å². The number of pyridine rings is 1. The first-order valence-corrected chi connectivity index (χ1v) is 9.50. The van der Waals surface area contributed by atoms with Crippen LogP contribution in [-0.4, -0.2) is 48.0 Å². The summed E-state index contributed by atoms with van der Waals surface area (Å²) < 4.78 is 37.7. The van der Waals surface area contributed by atoms with Crippen LogP contribution in [-0.2, 0) is 12.6 Å². The van der Waals surface area contributed by atoms with Crippen molar-refractivity contribution in [1.29, 1.82) is 0 Å². The summed E-state index contributed by atoms with van der Waals surface area (Å²) in [7, 11) is 0. The first kappa shape index (κ1) is 25.1. The van der Waals surface area contributed by atoms with Gasteiger partial charge in [-0.25, -0.2) is 4.98 Å². The lowest BCUT2D eigenvalue weighted by atomic mass is 10.3. The third-order valence-corrected chi connectivity index (χ3v) is 4.32. The van der Waals surface area contributed by atoms with Gasteiger partial charge in [-0.15, -0.1) is 35.3 Å². The third kappa shape index (κ3) is 8.94. The van der Waals surface area contributed by atoms with E-state index in [2.05, 4.69) is 30.9 Å². The van der Waals surface area contributed by atoms with E-state index >= 15 is 0 Å². The molecule has 0 saturated heterocycles. The number of hydrogen-bond acceptors (Lipinski definition) is 5. The average Bonchev–Trinajstić information content (AvgIpc) is 3.15. The van der Waals surface area contributed by atoms with Crippen LogP contribution in [0.2, 0.25) is 0 Å². The molecule has 0 spiro atoms. The molecule has 0 bridgehead atoms. The Kier molecular flexibility index (Phi) is 10.9. The smallest absolute Gasteiger partial charge is 0.357 e. The maximum Gasteiger partial charge on any atom is 0.434 e. The minimum absolute atomic E-state index is 0. The van der Waals surface area contributed by atoms with E-state index < -0.39 is 11.9 Å². The Hall–Kier alpha value is -1.96. The molecule has 0 radical (unpaired) electrons. The highest BCUT2D eigenvalue weighted by molar-refractivity contribution is 14.0. The number of nitrogens with zero attached hydrogens (tertiary/aromatic N) is 3. The van der Waals surface area contributed by atoms with Crippen molar-refractivity contribution in [3.05, 3.63) is 46.2 Å². The molecule has 0 atom stereocenters. The number of nitrogens with one attached hydrogen (secondary N) is 3. The van der Waals surface area contributed by atoms with Gasteiger partial charge in [0.1, 0.15) is 0 Å². The predicted molar refractivity (Wildman–Crippen MR) is 117 cm³/mol. The second-order valence-corrected chi connectivity index (χ2v) is 6.50. The van der Waals surface area contributed by atoms with Crippen molar-refractivity contribution < 1.29 is 18.0 Å². The summed E-state index contributed by atoms with van der Waals surface area (Å²) in [6.07, 6.45) is -1.03. The van der Waals surface area contributed by atoms with Gasteiger partial charge in [0, 0.05) is 50.4 Å². The minimum atomic E-state index is -4.42. The number of aromatic nitrogens is 2. The van der Waals surface area contributed by atoms with Crippen molar-refractivity contribution in [3.63, 3.8) is 0 Å². The predicted octanol–water partition coefficient (Wildman–Crippen LogP) is 2.70. The van der Waals surface area contributed by atoms with E-state index in [1.54, 1.807) is 18.3 Å². The van der Waals surface area contributed by atoms with Crippen LogP contribution < -0.4 is 16.0 Å². The quantitative estimate of drug-likeness (QED) is 0.207. The zero-order chi connectivity index (χ0) is 20.4. The van der Waals surface area contributed by atoms with Gasteiger partial charge in [-0.1, -0.05) is 0 Å². The molecular formula is C17H22F3IN6OS. The number of carbonyl (C=O) groups is 1.